The zero-order valence-corrected chi connectivity index (χ0v) is 17.9. The van der Waals surface area contributed by atoms with E-state index in [0.29, 0.717) is 22.5 Å². The van der Waals surface area contributed by atoms with Gasteiger partial charge in [-0.3, -0.25) is 14.5 Å². The first kappa shape index (κ1) is 20.9. The predicted octanol–water partition coefficient (Wildman–Crippen LogP) is 4.47. The second-order valence-electron chi connectivity index (χ2n) is 7.38. The van der Waals surface area contributed by atoms with Crippen LogP contribution in [0.1, 0.15) is 43.4 Å². The minimum atomic E-state index is -0.501. The lowest BCUT2D eigenvalue weighted by Crippen LogP contribution is -2.33. The third-order valence-electron chi connectivity index (χ3n) is 4.71. The van der Waals surface area contributed by atoms with Crippen molar-refractivity contribution in [1.29, 1.82) is 0 Å². The Labute approximate surface area is 175 Å². The molecule has 2 aromatic carbocycles. The number of hydrogen-bond donors (Lipinski definition) is 1. The maximum absolute atomic E-state index is 13.1. The number of amides is 2. The van der Waals surface area contributed by atoms with Gasteiger partial charge in [-0.05, 0) is 49.1 Å². The van der Waals surface area contributed by atoms with Gasteiger partial charge < -0.3 is 5.73 Å². The van der Waals surface area contributed by atoms with Crippen LogP contribution in [0, 0.1) is 6.92 Å². The molecule has 2 aromatic rings. The highest BCUT2D eigenvalue weighted by atomic mass is 32.2. The molecule has 150 valence electrons. The summed E-state index contributed by atoms with van der Waals surface area (Å²) in [7, 11) is 0. The van der Waals surface area contributed by atoms with E-state index in [1.807, 2.05) is 43.3 Å². The highest BCUT2D eigenvalue weighted by molar-refractivity contribution is 8.15. The van der Waals surface area contributed by atoms with E-state index in [2.05, 4.69) is 31.0 Å². The van der Waals surface area contributed by atoms with E-state index in [1.165, 1.54) is 22.2 Å². The number of anilines is 1. The number of nitrogens with zero attached hydrogens (tertiary/aromatic N) is 2. The molecule has 0 fully saturated rings. The third kappa shape index (κ3) is 4.77. The number of rotatable bonds is 5. The molecule has 0 aliphatic carbocycles. The van der Waals surface area contributed by atoms with Crippen molar-refractivity contribution < 1.29 is 9.59 Å². The molecule has 0 saturated carbocycles. The van der Waals surface area contributed by atoms with Crippen LogP contribution in [-0.4, -0.2) is 22.2 Å². The Bertz CT molecular complexity index is 976. The van der Waals surface area contributed by atoms with E-state index in [4.69, 9.17) is 5.73 Å². The summed E-state index contributed by atoms with van der Waals surface area (Å²) in [5.74, 6) is -0.227. The van der Waals surface area contributed by atoms with Gasteiger partial charge in [0.1, 0.15) is 5.70 Å². The Balaban J connectivity index is 1.97. The van der Waals surface area contributed by atoms with Crippen LogP contribution in [0.5, 0.6) is 0 Å². The van der Waals surface area contributed by atoms with Gasteiger partial charge in [0.25, 0.3) is 5.91 Å². The minimum Gasteiger partial charge on any atom is -0.369 e. The average molecular weight is 408 g/mol. The number of aliphatic imine (C=N–C) groups is 1. The monoisotopic (exact) mass is 407 g/mol. The van der Waals surface area contributed by atoms with Gasteiger partial charge in [-0.25, -0.2) is 4.99 Å². The van der Waals surface area contributed by atoms with Crippen LogP contribution in [0.15, 0.2) is 59.2 Å². The van der Waals surface area contributed by atoms with Crippen LogP contribution in [-0.2, 0) is 9.59 Å². The molecule has 1 aliphatic rings. The lowest BCUT2D eigenvalue weighted by atomic mass is 10.0. The van der Waals surface area contributed by atoms with E-state index in [1.54, 1.807) is 13.0 Å². The summed E-state index contributed by atoms with van der Waals surface area (Å²) in [5.41, 5.74) is 9.70. The fourth-order valence-corrected chi connectivity index (χ4v) is 3.73. The normalized spacial score (nSPS) is 16.4. The topological polar surface area (TPSA) is 75.8 Å². The molecule has 1 heterocycles. The Hall–Kier alpha value is -2.86. The molecule has 0 radical (unpaired) electrons. The molecule has 0 saturated heterocycles. The number of carbonyl (C=O) groups is 2. The lowest BCUT2D eigenvalue weighted by molar-refractivity contribution is -0.117. The number of carbonyl (C=O) groups excluding carboxylic acids is 2. The Kier molecular flexibility index (Phi) is 6.23. The van der Waals surface area contributed by atoms with E-state index in [0.717, 1.165) is 11.1 Å². The summed E-state index contributed by atoms with van der Waals surface area (Å²) >= 11 is 1.19. The largest absolute Gasteiger partial charge is 0.369 e. The summed E-state index contributed by atoms with van der Waals surface area (Å²) in [4.78, 5) is 30.8. The Morgan fingerprint density at radius 2 is 1.69 bits per heavy atom. The summed E-state index contributed by atoms with van der Waals surface area (Å²) in [6.45, 7) is 7.97. The van der Waals surface area contributed by atoms with Crippen LogP contribution in [0.2, 0.25) is 0 Å². The fraction of sp³-hybridized carbons (Fsp3) is 0.261. The lowest BCUT2D eigenvalue weighted by Gasteiger charge is -2.19. The van der Waals surface area contributed by atoms with E-state index in [-0.39, 0.29) is 5.91 Å². The SMILES string of the molecule is Cc1ccc(N2C(=O)/C(=C/c3ccc(C(C)C)cc3)N=C2S[C@@H](C)C(N)=O)cc1. The van der Waals surface area contributed by atoms with E-state index >= 15 is 0 Å². The molecule has 1 atom stereocenters. The van der Waals surface area contributed by atoms with Crippen LogP contribution in [0.25, 0.3) is 6.08 Å². The molecule has 29 heavy (non-hydrogen) atoms. The maximum atomic E-state index is 13.1. The van der Waals surface area contributed by atoms with Crippen molar-refractivity contribution in [1.82, 2.24) is 0 Å². The first-order valence-corrected chi connectivity index (χ1v) is 10.4. The minimum absolute atomic E-state index is 0.221. The van der Waals surface area contributed by atoms with Gasteiger partial charge in [-0.2, -0.15) is 0 Å². The van der Waals surface area contributed by atoms with E-state index < -0.39 is 11.2 Å². The molecule has 2 amide bonds. The highest BCUT2D eigenvalue weighted by Gasteiger charge is 2.33. The average Bonchev–Trinajstić information content (AvgIpc) is 2.98. The van der Waals surface area contributed by atoms with Crippen LogP contribution in [0.3, 0.4) is 0 Å². The number of aryl methyl sites for hydroxylation is 1. The smallest absolute Gasteiger partial charge is 0.283 e. The summed E-state index contributed by atoms with van der Waals surface area (Å²) in [5, 5.41) is -0.0469. The molecule has 0 bridgehead atoms. The zero-order chi connectivity index (χ0) is 21.1. The number of primary amides is 1. The van der Waals surface area contributed by atoms with Gasteiger partial charge in [0.2, 0.25) is 5.91 Å². The molecular formula is C23H25N3O2S. The van der Waals surface area contributed by atoms with Crippen LogP contribution >= 0.6 is 11.8 Å². The molecule has 2 N–H and O–H groups in total. The van der Waals surface area contributed by atoms with Crippen LogP contribution in [0.4, 0.5) is 5.69 Å². The van der Waals surface area contributed by atoms with Gasteiger partial charge >= 0.3 is 0 Å². The molecule has 0 unspecified atom stereocenters. The summed E-state index contributed by atoms with van der Waals surface area (Å²) in [6, 6.07) is 15.7. The Morgan fingerprint density at radius 3 is 2.24 bits per heavy atom. The fourth-order valence-electron chi connectivity index (χ4n) is 2.85. The number of nitrogens with two attached hydrogens (primary N) is 1. The van der Waals surface area contributed by atoms with Gasteiger partial charge in [0.05, 0.1) is 10.9 Å². The standard InChI is InChI=1S/C23H25N3O2S/c1-14(2)18-9-7-17(8-10-18)13-20-22(28)26(19-11-5-15(3)6-12-19)23(25-20)29-16(4)21(24)27/h5-14,16H,1-4H3,(H2,24,27)/b20-13-/t16-/m0/s1. The Morgan fingerprint density at radius 1 is 1.07 bits per heavy atom. The summed E-state index contributed by atoms with van der Waals surface area (Å²) < 4.78 is 0. The molecule has 3 rings (SSSR count). The molecule has 1 aliphatic heterocycles. The maximum Gasteiger partial charge on any atom is 0.283 e. The number of amidine groups is 1. The predicted molar refractivity (Wildman–Crippen MR) is 121 cm³/mol. The second-order valence-corrected chi connectivity index (χ2v) is 8.69. The molecule has 0 spiro atoms. The first-order valence-electron chi connectivity index (χ1n) is 9.53. The molecule has 0 aromatic heterocycles. The highest BCUT2D eigenvalue weighted by Crippen LogP contribution is 2.31. The quantitative estimate of drug-likeness (QED) is 0.743. The number of benzene rings is 2. The second kappa shape index (κ2) is 8.66. The van der Waals surface area contributed by atoms with Crippen molar-refractivity contribution in [3.8, 4) is 0 Å². The van der Waals surface area contributed by atoms with Crippen molar-refractivity contribution in [2.45, 2.75) is 38.9 Å². The van der Waals surface area contributed by atoms with Crippen molar-refractivity contribution in [3.63, 3.8) is 0 Å². The van der Waals surface area contributed by atoms with Crippen molar-refractivity contribution >= 4 is 40.5 Å². The zero-order valence-electron chi connectivity index (χ0n) is 17.0. The molecule has 5 nitrogen and oxygen atoms in total. The van der Waals surface area contributed by atoms with Crippen LogP contribution < -0.4 is 10.6 Å². The van der Waals surface area contributed by atoms with Crippen molar-refractivity contribution in [2.24, 2.45) is 10.7 Å². The number of thioether (sulfide) groups is 1. The van der Waals surface area contributed by atoms with Crippen molar-refractivity contribution in [2.75, 3.05) is 4.90 Å². The van der Waals surface area contributed by atoms with Gasteiger partial charge in [0.15, 0.2) is 5.17 Å². The van der Waals surface area contributed by atoms with Gasteiger partial charge in [0, 0.05) is 0 Å². The summed E-state index contributed by atoms with van der Waals surface area (Å²) in [6.07, 6.45) is 1.77. The molecular weight excluding hydrogens is 382 g/mol. The number of hydrogen-bond acceptors (Lipinski definition) is 4. The van der Waals surface area contributed by atoms with E-state index in [9.17, 15) is 9.59 Å². The third-order valence-corrected chi connectivity index (χ3v) is 5.78. The molecule has 6 heteroatoms. The van der Waals surface area contributed by atoms with Gasteiger partial charge in [-0.1, -0.05) is 67.6 Å². The first-order chi connectivity index (χ1) is 13.8. The van der Waals surface area contributed by atoms with Crippen molar-refractivity contribution in [3.05, 3.63) is 70.9 Å². The van der Waals surface area contributed by atoms with Gasteiger partial charge in [-0.15, -0.1) is 0 Å².